The van der Waals surface area contributed by atoms with Crippen LogP contribution >= 0.6 is 0 Å². The largest absolute Gasteiger partial charge is 0.384 e. The zero-order chi connectivity index (χ0) is 15.0. The number of rotatable bonds is 2. The van der Waals surface area contributed by atoms with Crippen molar-refractivity contribution < 1.29 is 18.8 Å². The molecule has 2 aromatic rings. The summed E-state index contributed by atoms with van der Waals surface area (Å²) in [6.45, 7) is 2.16. The lowest BCUT2D eigenvalue weighted by molar-refractivity contribution is -0.140. The molecular weight excluding hydrogens is 275 g/mol. The third kappa shape index (κ3) is 2.42. The third-order valence-corrected chi connectivity index (χ3v) is 3.63. The SMILES string of the molecule is CC(O)C(=O)N1CCc2onc(-c3ccccc3F)c2C1. The molecule has 0 saturated heterocycles. The molecule has 21 heavy (non-hydrogen) atoms. The predicted octanol–water partition coefficient (Wildman–Crippen LogP) is 1.75. The van der Waals surface area contributed by atoms with Crippen molar-refractivity contribution in [2.45, 2.75) is 26.0 Å². The lowest BCUT2D eigenvalue weighted by Crippen LogP contribution is -2.40. The molecule has 0 radical (unpaired) electrons. The van der Waals surface area contributed by atoms with Crippen molar-refractivity contribution in [3.63, 3.8) is 0 Å². The molecule has 3 rings (SSSR count). The standard InChI is InChI=1S/C15H15FN2O3/c1-9(19)15(20)18-7-6-13-11(8-18)14(17-21-13)10-4-2-3-5-12(10)16/h2-5,9,19H,6-8H2,1H3. The smallest absolute Gasteiger partial charge is 0.251 e. The maximum Gasteiger partial charge on any atom is 0.251 e. The molecule has 5 nitrogen and oxygen atoms in total. The van der Waals surface area contributed by atoms with Crippen molar-refractivity contribution >= 4 is 5.91 Å². The van der Waals surface area contributed by atoms with Gasteiger partial charge in [0.2, 0.25) is 0 Å². The Labute approximate surface area is 121 Å². The lowest BCUT2D eigenvalue weighted by atomic mass is 10.0. The molecular formula is C15H15FN2O3. The van der Waals surface area contributed by atoms with Crippen LogP contribution in [0.4, 0.5) is 4.39 Å². The number of aliphatic hydroxyl groups is 1. The van der Waals surface area contributed by atoms with Crippen molar-refractivity contribution in [3.05, 3.63) is 41.4 Å². The molecule has 2 heterocycles. The van der Waals surface area contributed by atoms with Crippen LogP contribution < -0.4 is 0 Å². The Morgan fingerprint density at radius 3 is 2.95 bits per heavy atom. The van der Waals surface area contributed by atoms with E-state index >= 15 is 0 Å². The Morgan fingerprint density at radius 2 is 2.24 bits per heavy atom. The number of nitrogens with zero attached hydrogens (tertiary/aromatic N) is 2. The summed E-state index contributed by atoms with van der Waals surface area (Å²) in [7, 11) is 0. The van der Waals surface area contributed by atoms with E-state index in [1.807, 2.05) is 0 Å². The summed E-state index contributed by atoms with van der Waals surface area (Å²) >= 11 is 0. The van der Waals surface area contributed by atoms with Gasteiger partial charge in [-0.3, -0.25) is 4.79 Å². The summed E-state index contributed by atoms with van der Waals surface area (Å²) in [5, 5.41) is 13.4. The van der Waals surface area contributed by atoms with Gasteiger partial charge in [-0.1, -0.05) is 17.3 Å². The first-order chi connectivity index (χ1) is 10.1. The van der Waals surface area contributed by atoms with Crippen molar-refractivity contribution in [2.24, 2.45) is 0 Å². The number of aliphatic hydroxyl groups excluding tert-OH is 1. The first kappa shape index (κ1) is 13.8. The van der Waals surface area contributed by atoms with E-state index in [0.29, 0.717) is 35.5 Å². The summed E-state index contributed by atoms with van der Waals surface area (Å²) < 4.78 is 19.2. The van der Waals surface area contributed by atoms with Crippen LogP contribution in [0.15, 0.2) is 28.8 Å². The van der Waals surface area contributed by atoms with E-state index in [1.165, 1.54) is 17.9 Å². The van der Waals surface area contributed by atoms with Gasteiger partial charge in [-0.15, -0.1) is 0 Å². The van der Waals surface area contributed by atoms with E-state index in [9.17, 15) is 14.3 Å². The fourth-order valence-corrected chi connectivity index (χ4v) is 2.53. The number of carbonyl (C=O) groups is 1. The van der Waals surface area contributed by atoms with Crippen LogP contribution in [0.3, 0.4) is 0 Å². The molecule has 1 amide bonds. The van der Waals surface area contributed by atoms with Crippen molar-refractivity contribution in [1.82, 2.24) is 10.1 Å². The molecule has 0 saturated carbocycles. The van der Waals surface area contributed by atoms with Gasteiger partial charge in [-0.05, 0) is 19.1 Å². The molecule has 1 unspecified atom stereocenters. The van der Waals surface area contributed by atoms with E-state index < -0.39 is 6.10 Å². The summed E-state index contributed by atoms with van der Waals surface area (Å²) in [6.07, 6.45) is -0.543. The van der Waals surface area contributed by atoms with Crippen LogP contribution in [0.25, 0.3) is 11.3 Å². The maximum absolute atomic E-state index is 13.9. The van der Waals surface area contributed by atoms with Gasteiger partial charge in [0.15, 0.2) is 0 Å². The average molecular weight is 290 g/mol. The highest BCUT2D eigenvalue weighted by Gasteiger charge is 2.29. The van der Waals surface area contributed by atoms with Gasteiger partial charge >= 0.3 is 0 Å². The molecule has 1 aliphatic heterocycles. The molecule has 0 bridgehead atoms. The first-order valence-electron chi connectivity index (χ1n) is 6.77. The zero-order valence-electron chi connectivity index (χ0n) is 11.5. The Bertz CT molecular complexity index is 681. The topological polar surface area (TPSA) is 66.6 Å². The number of fused-ring (bicyclic) bond motifs is 1. The molecule has 1 atom stereocenters. The van der Waals surface area contributed by atoms with Crippen LogP contribution in [-0.4, -0.2) is 33.7 Å². The molecule has 0 fully saturated rings. The molecule has 0 aliphatic carbocycles. The Balaban J connectivity index is 1.97. The Kier molecular flexibility index (Phi) is 3.47. The second-order valence-electron chi connectivity index (χ2n) is 5.10. The number of benzene rings is 1. The number of aromatic nitrogens is 1. The molecule has 0 spiro atoms. The van der Waals surface area contributed by atoms with Crippen molar-refractivity contribution in [3.8, 4) is 11.3 Å². The van der Waals surface area contributed by atoms with E-state index in [2.05, 4.69) is 5.16 Å². The molecule has 1 N–H and O–H groups in total. The van der Waals surface area contributed by atoms with Gasteiger partial charge in [0.1, 0.15) is 23.4 Å². The monoisotopic (exact) mass is 290 g/mol. The number of hydrogen-bond acceptors (Lipinski definition) is 4. The van der Waals surface area contributed by atoms with Crippen molar-refractivity contribution in [1.29, 1.82) is 0 Å². The third-order valence-electron chi connectivity index (χ3n) is 3.63. The van der Waals surface area contributed by atoms with Gasteiger partial charge < -0.3 is 14.5 Å². The molecule has 1 aromatic heterocycles. The van der Waals surface area contributed by atoms with Crippen LogP contribution in [0.2, 0.25) is 0 Å². The normalized spacial score (nSPS) is 15.7. The highest BCUT2D eigenvalue weighted by atomic mass is 19.1. The fraction of sp³-hybridized carbons (Fsp3) is 0.333. The molecule has 1 aliphatic rings. The number of amides is 1. The summed E-state index contributed by atoms with van der Waals surface area (Å²) in [6, 6.07) is 6.32. The molecule has 110 valence electrons. The van der Waals surface area contributed by atoms with E-state index in [1.54, 1.807) is 18.2 Å². The number of halogens is 1. The van der Waals surface area contributed by atoms with E-state index in [-0.39, 0.29) is 18.3 Å². The van der Waals surface area contributed by atoms with Gasteiger partial charge in [-0.25, -0.2) is 4.39 Å². The van der Waals surface area contributed by atoms with Crippen LogP contribution in [0.1, 0.15) is 18.2 Å². The second kappa shape index (κ2) is 5.29. The van der Waals surface area contributed by atoms with Crippen LogP contribution in [0, 0.1) is 5.82 Å². The highest BCUT2D eigenvalue weighted by molar-refractivity contribution is 5.81. The van der Waals surface area contributed by atoms with Gasteiger partial charge in [0.05, 0.1) is 6.54 Å². The summed E-state index contributed by atoms with van der Waals surface area (Å²) in [5.41, 5.74) is 1.49. The van der Waals surface area contributed by atoms with Crippen molar-refractivity contribution in [2.75, 3.05) is 6.54 Å². The highest BCUT2D eigenvalue weighted by Crippen LogP contribution is 2.31. The molecule has 1 aromatic carbocycles. The minimum atomic E-state index is -1.05. The van der Waals surface area contributed by atoms with Gasteiger partial charge in [0.25, 0.3) is 5.91 Å². The van der Waals surface area contributed by atoms with Crippen LogP contribution in [0.5, 0.6) is 0 Å². The number of hydrogen-bond donors (Lipinski definition) is 1. The minimum absolute atomic E-state index is 0.270. The number of carbonyl (C=O) groups excluding carboxylic acids is 1. The average Bonchev–Trinajstić information content (AvgIpc) is 2.89. The molecule has 6 heteroatoms. The van der Waals surface area contributed by atoms with E-state index in [0.717, 1.165) is 0 Å². The zero-order valence-corrected chi connectivity index (χ0v) is 11.5. The van der Waals surface area contributed by atoms with Gasteiger partial charge in [-0.2, -0.15) is 0 Å². The maximum atomic E-state index is 13.9. The quantitative estimate of drug-likeness (QED) is 0.915. The Hall–Kier alpha value is -2.21. The second-order valence-corrected chi connectivity index (χ2v) is 5.10. The van der Waals surface area contributed by atoms with E-state index in [4.69, 9.17) is 4.52 Å². The van der Waals surface area contributed by atoms with Crippen LogP contribution in [-0.2, 0) is 17.8 Å². The Morgan fingerprint density at radius 1 is 1.48 bits per heavy atom. The minimum Gasteiger partial charge on any atom is -0.384 e. The summed E-state index contributed by atoms with van der Waals surface area (Å²) in [5.74, 6) is -0.0585. The first-order valence-corrected chi connectivity index (χ1v) is 6.77. The van der Waals surface area contributed by atoms with Gasteiger partial charge in [0, 0.05) is 24.1 Å². The summed E-state index contributed by atoms with van der Waals surface area (Å²) in [4.78, 5) is 13.4. The lowest BCUT2D eigenvalue weighted by Gasteiger charge is -2.27. The fourth-order valence-electron chi connectivity index (χ4n) is 2.53. The predicted molar refractivity (Wildman–Crippen MR) is 72.7 cm³/mol.